The molecule has 0 aromatic rings. The fraction of sp³-hybridized carbons (Fsp3) is 1.00. The largest absolute Gasteiger partial charge is 0.454 e. The molecule has 0 saturated heterocycles. The maximum atomic E-state index is 12.5. The van der Waals surface area contributed by atoms with E-state index in [4.69, 9.17) is 0 Å². The Balaban J connectivity index is 3.88. The van der Waals surface area contributed by atoms with Gasteiger partial charge in [0.1, 0.15) is 0 Å². The van der Waals surface area contributed by atoms with Crippen LogP contribution in [0, 0.1) is 5.92 Å². The summed E-state index contributed by atoms with van der Waals surface area (Å²) in [5.41, 5.74) is 0. The van der Waals surface area contributed by atoms with Gasteiger partial charge >= 0.3 is 12.1 Å². The van der Waals surface area contributed by atoms with Crippen molar-refractivity contribution >= 4 is 0 Å². The Bertz CT molecular complexity index is 215. The molecule has 0 saturated carbocycles. The minimum absolute atomic E-state index is 0.353. The second-order valence-corrected chi connectivity index (χ2v) is 4.54. The molecule has 2 N–H and O–H groups in total. The second-order valence-electron chi connectivity index (χ2n) is 4.54. The van der Waals surface area contributed by atoms with Crippen LogP contribution in [-0.4, -0.2) is 37.8 Å². The van der Waals surface area contributed by atoms with Crippen molar-refractivity contribution in [3.63, 3.8) is 0 Å². The highest BCUT2D eigenvalue weighted by molar-refractivity contribution is 4.80. The molecule has 7 heteroatoms. The maximum absolute atomic E-state index is 12.5. The molecule has 0 fully saturated rings. The molecule has 0 aromatic heterocycles. The normalized spacial score (nSPS) is 15.4. The summed E-state index contributed by atoms with van der Waals surface area (Å²) >= 11 is 0. The van der Waals surface area contributed by atoms with Gasteiger partial charge in [-0.3, -0.25) is 0 Å². The van der Waals surface area contributed by atoms with E-state index in [2.05, 4.69) is 10.6 Å². The lowest BCUT2D eigenvalue weighted by atomic mass is 10.2. The lowest BCUT2D eigenvalue weighted by molar-refractivity contribution is -0.279. The molecule has 0 heterocycles. The molecule has 1 atom stereocenters. The zero-order valence-electron chi connectivity index (χ0n) is 10.2. The number of rotatable bonds is 7. The summed E-state index contributed by atoms with van der Waals surface area (Å²) in [5, 5.41) is 5.14. The highest BCUT2D eigenvalue weighted by Gasteiger charge is 2.57. The first kappa shape index (κ1) is 16.6. The van der Waals surface area contributed by atoms with E-state index in [9.17, 15) is 22.0 Å². The molecule has 0 aromatic carbocycles. The van der Waals surface area contributed by atoms with E-state index in [0.29, 0.717) is 19.0 Å². The molecule has 0 aliphatic heterocycles. The lowest BCUT2D eigenvalue weighted by Crippen LogP contribution is -2.49. The van der Waals surface area contributed by atoms with E-state index in [1.165, 1.54) is 0 Å². The highest BCUT2D eigenvalue weighted by atomic mass is 19.4. The molecule has 0 aliphatic carbocycles. The summed E-state index contributed by atoms with van der Waals surface area (Å²) in [6.45, 7) is 5.17. The summed E-state index contributed by atoms with van der Waals surface area (Å²) in [6.07, 6.45) is -5.49. The Morgan fingerprint density at radius 2 is 1.47 bits per heavy atom. The fourth-order valence-corrected chi connectivity index (χ4v) is 1.06. The van der Waals surface area contributed by atoms with E-state index in [0.717, 1.165) is 0 Å². The quantitative estimate of drug-likeness (QED) is 0.688. The Kier molecular flexibility index (Phi) is 6.32. The topological polar surface area (TPSA) is 24.1 Å². The first-order valence-corrected chi connectivity index (χ1v) is 5.45. The van der Waals surface area contributed by atoms with Crippen molar-refractivity contribution in [1.29, 1.82) is 0 Å². The predicted molar refractivity (Wildman–Crippen MR) is 56.2 cm³/mol. The van der Waals surface area contributed by atoms with Crippen LogP contribution in [0.3, 0.4) is 0 Å². The number of hydrogen-bond acceptors (Lipinski definition) is 2. The maximum Gasteiger partial charge on any atom is 0.454 e. The van der Waals surface area contributed by atoms with Gasteiger partial charge in [-0.15, -0.1) is 0 Å². The van der Waals surface area contributed by atoms with Gasteiger partial charge in [0.2, 0.25) is 0 Å². The van der Waals surface area contributed by atoms with E-state index in [1.54, 1.807) is 6.92 Å². The second kappa shape index (κ2) is 6.49. The van der Waals surface area contributed by atoms with Gasteiger partial charge in [0.25, 0.3) is 0 Å². The third kappa shape index (κ3) is 6.78. The van der Waals surface area contributed by atoms with Crippen LogP contribution in [0.25, 0.3) is 0 Å². The molecule has 0 radical (unpaired) electrons. The van der Waals surface area contributed by atoms with Crippen LogP contribution in [0.2, 0.25) is 0 Å². The minimum Gasteiger partial charge on any atom is -0.315 e. The third-order valence-corrected chi connectivity index (χ3v) is 2.09. The van der Waals surface area contributed by atoms with Crippen LogP contribution >= 0.6 is 0 Å². The summed E-state index contributed by atoms with van der Waals surface area (Å²) in [6, 6.07) is -0.443. The van der Waals surface area contributed by atoms with E-state index in [1.807, 2.05) is 13.8 Å². The Labute approximate surface area is 98.0 Å². The summed E-state index contributed by atoms with van der Waals surface area (Å²) in [7, 11) is 0. The zero-order valence-corrected chi connectivity index (χ0v) is 10.2. The van der Waals surface area contributed by atoms with Crippen molar-refractivity contribution in [2.24, 2.45) is 5.92 Å². The van der Waals surface area contributed by atoms with Gasteiger partial charge in [-0.05, 0) is 19.4 Å². The summed E-state index contributed by atoms with van der Waals surface area (Å²) in [4.78, 5) is 0. The van der Waals surface area contributed by atoms with E-state index >= 15 is 0 Å². The van der Waals surface area contributed by atoms with Crippen LogP contribution in [0.4, 0.5) is 22.0 Å². The van der Waals surface area contributed by atoms with Gasteiger partial charge in [0.15, 0.2) is 0 Å². The zero-order chi connectivity index (χ0) is 13.7. The molecule has 0 bridgehead atoms. The SMILES string of the molecule is CC(C)CNCC(C)NCC(F)(F)C(F)(F)F. The molecule has 0 spiro atoms. The van der Waals surface area contributed by atoms with Gasteiger partial charge in [-0.2, -0.15) is 22.0 Å². The number of alkyl halides is 5. The lowest BCUT2D eigenvalue weighted by Gasteiger charge is -2.22. The van der Waals surface area contributed by atoms with Crippen LogP contribution in [-0.2, 0) is 0 Å². The molecular weight excluding hydrogens is 243 g/mol. The van der Waals surface area contributed by atoms with Crippen LogP contribution in [0.1, 0.15) is 20.8 Å². The fourth-order valence-electron chi connectivity index (χ4n) is 1.06. The van der Waals surface area contributed by atoms with Gasteiger partial charge < -0.3 is 10.6 Å². The van der Waals surface area contributed by atoms with Crippen molar-refractivity contribution in [3.8, 4) is 0 Å². The molecule has 2 nitrogen and oxygen atoms in total. The Morgan fingerprint density at radius 1 is 0.941 bits per heavy atom. The van der Waals surface area contributed by atoms with Crippen molar-refractivity contribution in [2.45, 2.75) is 38.9 Å². The first-order valence-electron chi connectivity index (χ1n) is 5.45. The summed E-state index contributed by atoms with van der Waals surface area (Å²) < 4.78 is 60.6. The molecule has 1 unspecified atom stereocenters. The average Bonchev–Trinajstić information content (AvgIpc) is 2.12. The molecule has 0 amide bonds. The highest BCUT2D eigenvalue weighted by Crippen LogP contribution is 2.34. The average molecular weight is 262 g/mol. The van der Waals surface area contributed by atoms with Crippen molar-refractivity contribution < 1.29 is 22.0 Å². The van der Waals surface area contributed by atoms with Crippen molar-refractivity contribution in [3.05, 3.63) is 0 Å². The number of halogens is 5. The smallest absolute Gasteiger partial charge is 0.315 e. The van der Waals surface area contributed by atoms with Crippen LogP contribution < -0.4 is 10.6 Å². The number of hydrogen-bond donors (Lipinski definition) is 2. The molecule has 0 rings (SSSR count). The molecule has 104 valence electrons. The molecule has 17 heavy (non-hydrogen) atoms. The van der Waals surface area contributed by atoms with Gasteiger partial charge in [-0.1, -0.05) is 13.8 Å². The van der Waals surface area contributed by atoms with Crippen LogP contribution in [0.15, 0.2) is 0 Å². The molecule has 0 aliphatic rings. The van der Waals surface area contributed by atoms with Crippen LogP contribution in [0.5, 0.6) is 0 Å². The van der Waals surface area contributed by atoms with Crippen molar-refractivity contribution in [1.82, 2.24) is 10.6 Å². The van der Waals surface area contributed by atoms with Gasteiger partial charge in [0, 0.05) is 12.6 Å². The standard InChI is InChI=1S/C10H19F5N2/c1-7(2)4-16-5-8(3)17-6-9(11,12)10(13,14)15/h7-8,16-17H,4-6H2,1-3H3. The number of nitrogens with one attached hydrogen (secondary N) is 2. The summed E-state index contributed by atoms with van der Waals surface area (Å²) in [5.74, 6) is -4.28. The Hall–Kier alpha value is -0.430. The van der Waals surface area contributed by atoms with Crippen molar-refractivity contribution in [2.75, 3.05) is 19.6 Å². The minimum atomic E-state index is -5.49. The van der Waals surface area contributed by atoms with Gasteiger partial charge in [-0.25, -0.2) is 0 Å². The van der Waals surface area contributed by atoms with E-state index < -0.39 is 24.7 Å². The first-order chi connectivity index (χ1) is 7.56. The molecular formula is C10H19F5N2. The predicted octanol–water partition coefficient (Wildman–Crippen LogP) is 2.41. The third-order valence-electron chi connectivity index (χ3n) is 2.09. The Morgan fingerprint density at radius 3 is 1.88 bits per heavy atom. The van der Waals surface area contributed by atoms with Gasteiger partial charge in [0.05, 0.1) is 6.54 Å². The van der Waals surface area contributed by atoms with E-state index in [-0.39, 0.29) is 0 Å². The monoisotopic (exact) mass is 262 g/mol.